The van der Waals surface area contributed by atoms with Crippen LogP contribution in [0.25, 0.3) is 0 Å². The van der Waals surface area contributed by atoms with Crippen LogP contribution >= 0.6 is 0 Å². The molecule has 1 heterocycles. The van der Waals surface area contributed by atoms with Gasteiger partial charge < -0.3 is 15.4 Å². The Balaban J connectivity index is 1.98. The molecule has 0 saturated carbocycles. The smallest absolute Gasteiger partial charge is 0.387 e. The lowest BCUT2D eigenvalue weighted by molar-refractivity contribution is -0.0498. The van der Waals surface area contributed by atoms with Gasteiger partial charge in [0.1, 0.15) is 5.75 Å². The van der Waals surface area contributed by atoms with E-state index < -0.39 is 6.61 Å². The van der Waals surface area contributed by atoms with Crippen molar-refractivity contribution in [3.8, 4) is 5.75 Å². The molecule has 1 aliphatic heterocycles. The van der Waals surface area contributed by atoms with Gasteiger partial charge in [0.25, 0.3) is 5.91 Å². The zero-order chi connectivity index (χ0) is 14.5. The van der Waals surface area contributed by atoms with E-state index in [1.165, 1.54) is 18.2 Å². The first kappa shape index (κ1) is 14.7. The molecule has 1 aliphatic rings. The van der Waals surface area contributed by atoms with Crippen LogP contribution in [0.1, 0.15) is 23.7 Å². The van der Waals surface area contributed by atoms with Gasteiger partial charge in [-0.1, -0.05) is 13.0 Å². The largest absolute Gasteiger partial charge is 0.435 e. The van der Waals surface area contributed by atoms with E-state index in [9.17, 15) is 13.6 Å². The number of ether oxygens (including phenoxy) is 1. The lowest BCUT2D eigenvalue weighted by atomic mass is 9.97. The highest BCUT2D eigenvalue weighted by atomic mass is 19.3. The molecular weight excluding hydrogens is 266 g/mol. The minimum Gasteiger partial charge on any atom is -0.435 e. The minimum atomic E-state index is -2.89. The molecule has 0 radical (unpaired) electrons. The Hall–Kier alpha value is -1.69. The molecule has 0 spiro atoms. The van der Waals surface area contributed by atoms with Gasteiger partial charge in [0.05, 0.1) is 0 Å². The van der Waals surface area contributed by atoms with Gasteiger partial charge in [-0.15, -0.1) is 0 Å². The fourth-order valence-electron chi connectivity index (χ4n) is 2.35. The molecule has 20 heavy (non-hydrogen) atoms. The van der Waals surface area contributed by atoms with Gasteiger partial charge in [-0.3, -0.25) is 4.79 Å². The number of piperidine rings is 1. The van der Waals surface area contributed by atoms with Crippen LogP contribution in [0.2, 0.25) is 0 Å². The summed E-state index contributed by atoms with van der Waals surface area (Å²) in [6.07, 6.45) is 0.909. The number of amides is 1. The molecule has 2 N–H and O–H groups in total. The fourth-order valence-corrected chi connectivity index (χ4v) is 2.35. The third-order valence-electron chi connectivity index (χ3n) is 3.23. The normalized spacial score (nSPS) is 22.6. The van der Waals surface area contributed by atoms with Gasteiger partial charge in [-0.25, -0.2) is 0 Å². The number of alkyl halides is 2. The average molecular weight is 284 g/mol. The van der Waals surface area contributed by atoms with Crippen molar-refractivity contribution >= 4 is 5.91 Å². The third-order valence-corrected chi connectivity index (χ3v) is 3.23. The maximum atomic E-state index is 12.1. The van der Waals surface area contributed by atoms with Crippen molar-refractivity contribution in [2.24, 2.45) is 5.92 Å². The first-order chi connectivity index (χ1) is 9.54. The summed E-state index contributed by atoms with van der Waals surface area (Å²) in [4.78, 5) is 12.1. The third kappa shape index (κ3) is 4.16. The van der Waals surface area contributed by atoms with Crippen molar-refractivity contribution in [3.05, 3.63) is 29.8 Å². The summed E-state index contributed by atoms with van der Waals surface area (Å²) >= 11 is 0. The van der Waals surface area contributed by atoms with Gasteiger partial charge in [0, 0.05) is 18.2 Å². The van der Waals surface area contributed by atoms with Gasteiger partial charge in [-0.05, 0) is 37.1 Å². The highest BCUT2D eigenvalue weighted by Crippen LogP contribution is 2.16. The van der Waals surface area contributed by atoms with Crippen molar-refractivity contribution in [2.45, 2.75) is 26.0 Å². The molecule has 4 nitrogen and oxygen atoms in total. The highest BCUT2D eigenvalue weighted by molar-refractivity contribution is 5.94. The maximum Gasteiger partial charge on any atom is 0.387 e. The van der Waals surface area contributed by atoms with E-state index >= 15 is 0 Å². The zero-order valence-corrected chi connectivity index (χ0v) is 11.2. The Labute approximate surface area is 116 Å². The second-order valence-electron chi connectivity index (χ2n) is 5.08. The summed E-state index contributed by atoms with van der Waals surface area (Å²) in [5.74, 6) is 0.218. The van der Waals surface area contributed by atoms with E-state index in [1.807, 2.05) is 0 Å². The van der Waals surface area contributed by atoms with E-state index in [-0.39, 0.29) is 17.7 Å². The maximum absolute atomic E-state index is 12.1. The fraction of sp³-hybridized carbons (Fsp3) is 0.500. The molecule has 1 amide bonds. The highest BCUT2D eigenvalue weighted by Gasteiger charge is 2.20. The Morgan fingerprint density at radius 3 is 2.95 bits per heavy atom. The lowest BCUT2D eigenvalue weighted by Crippen LogP contribution is -2.48. The summed E-state index contributed by atoms with van der Waals surface area (Å²) in [6.45, 7) is 0.896. The standard InChI is InChI=1S/C14H18F2N2O2/c1-9-5-11(8-17-7-9)18-13(19)10-3-2-4-12(6-10)20-14(15)16/h2-4,6,9,11,14,17H,5,7-8H2,1H3,(H,18,19). The Bertz CT molecular complexity index is 468. The summed E-state index contributed by atoms with van der Waals surface area (Å²) in [7, 11) is 0. The van der Waals surface area contributed by atoms with E-state index in [2.05, 4.69) is 22.3 Å². The van der Waals surface area contributed by atoms with E-state index in [0.29, 0.717) is 11.5 Å². The van der Waals surface area contributed by atoms with Crippen LogP contribution in [0.4, 0.5) is 8.78 Å². The average Bonchev–Trinajstić information content (AvgIpc) is 2.38. The molecular formula is C14H18F2N2O2. The van der Waals surface area contributed by atoms with Gasteiger partial charge >= 0.3 is 6.61 Å². The number of rotatable bonds is 4. The monoisotopic (exact) mass is 284 g/mol. The van der Waals surface area contributed by atoms with Crippen molar-refractivity contribution in [1.29, 1.82) is 0 Å². The van der Waals surface area contributed by atoms with E-state index in [1.54, 1.807) is 6.07 Å². The van der Waals surface area contributed by atoms with Crippen LogP contribution in [0, 0.1) is 5.92 Å². The molecule has 0 aliphatic carbocycles. The van der Waals surface area contributed by atoms with Crippen LogP contribution < -0.4 is 15.4 Å². The molecule has 2 rings (SSSR count). The molecule has 1 saturated heterocycles. The molecule has 2 atom stereocenters. The number of benzene rings is 1. The number of carbonyl (C=O) groups excluding carboxylic acids is 1. The number of hydrogen-bond acceptors (Lipinski definition) is 3. The lowest BCUT2D eigenvalue weighted by Gasteiger charge is -2.28. The van der Waals surface area contributed by atoms with E-state index in [0.717, 1.165) is 19.5 Å². The van der Waals surface area contributed by atoms with E-state index in [4.69, 9.17) is 0 Å². The van der Waals surface area contributed by atoms with Crippen molar-refractivity contribution < 1.29 is 18.3 Å². The van der Waals surface area contributed by atoms with Crippen molar-refractivity contribution in [1.82, 2.24) is 10.6 Å². The zero-order valence-electron chi connectivity index (χ0n) is 11.2. The summed E-state index contributed by atoms with van der Waals surface area (Å²) in [6, 6.07) is 5.88. The topological polar surface area (TPSA) is 50.4 Å². The Morgan fingerprint density at radius 1 is 1.45 bits per heavy atom. The summed E-state index contributed by atoms with van der Waals surface area (Å²) in [5, 5.41) is 6.14. The van der Waals surface area contributed by atoms with Crippen LogP contribution in [-0.2, 0) is 0 Å². The Kier molecular flexibility index (Phi) is 4.89. The number of halogens is 2. The molecule has 110 valence electrons. The summed E-state index contributed by atoms with van der Waals surface area (Å²) < 4.78 is 28.6. The van der Waals surface area contributed by atoms with Crippen LogP contribution in [0.3, 0.4) is 0 Å². The quantitative estimate of drug-likeness (QED) is 0.889. The van der Waals surface area contributed by atoms with Gasteiger partial charge in [-0.2, -0.15) is 8.78 Å². The van der Waals surface area contributed by atoms with Crippen molar-refractivity contribution in [3.63, 3.8) is 0 Å². The SMILES string of the molecule is CC1CNCC(NC(=O)c2cccc(OC(F)F)c2)C1. The second kappa shape index (κ2) is 6.65. The molecule has 6 heteroatoms. The first-order valence-corrected chi connectivity index (χ1v) is 6.61. The predicted molar refractivity (Wildman–Crippen MR) is 71.0 cm³/mol. The number of carbonyl (C=O) groups is 1. The minimum absolute atomic E-state index is 0.0113. The molecule has 0 bridgehead atoms. The van der Waals surface area contributed by atoms with Gasteiger partial charge in [0.2, 0.25) is 0 Å². The van der Waals surface area contributed by atoms with Gasteiger partial charge in [0.15, 0.2) is 0 Å². The predicted octanol–water partition coefficient (Wildman–Crippen LogP) is 2.02. The summed E-state index contributed by atoms with van der Waals surface area (Å²) in [5.41, 5.74) is 0.321. The molecule has 1 aromatic carbocycles. The Morgan fingerprint density at radius 2 is 2.25 bits per heavy atom. The molecule has 2 unspecified atom stereocenters. The molecule has 1 aromatic rings. The molecule has 1 fully saturated rings. The second-order valence-corrected chi connectivity index (χ2v) is 5.08. The number of nitrogens with one attached hydrogen (secondary N) is 2. The van der Waals surface area contributed by atoms with Crippen molar-refractivity contribution in [2.75, 3.05) is 13.1 Å². The van der Waals surface area contributed by atoms with Crippen LogP contribution in [0.15, 0.2) is 24.3 Å². The number of hydrogen-bond donors (Lipinski definition) is 2. The van der Waals surface area contributed by atoms with Crippen LogP contribution in [-0.4, -0.2) is 31.7 Å². The van der Waals surface area contributed by atoms with Crippen LogP contribution in [0.5, 0.6) is 5.75 Å². The molecule has 0 aromatic heterocycles. The first-order valence-electron chi connectivity index (χ1n) is 6.61.